The summed E-state index contributed by atoms with van der Waals surface area (Å²) in [4.78, 5) is 4.58. The van der Waals surface area contributed by atoms with E-state index in [1.165, 1.54) is 0 Å². The highest BCUT2D eigenvalue weighted by Crippen LogP contribution is 2.18. The summed E-state index contributed by atoms with van der Waals surface area (Å²) in [5, 5.41) is 0. The van der Waals surface area contributed by atoms with Crippen LogP contribution in [0.5, 0.6) is 0 Å². The molecule has 0 bridgehead atoms. The van der Waals surface area contributed by atoms with E-state index in [0.717, 1.165) is 23.6 Å². The zero-order chi connectivity index (χ0) is 11.5. The van der Waals surface area contributed by atoms with Crippen LogP contribution in [0.15, 0.2) is 29.3 Å². The fourth-order valence-electron chi connectivity index (χ4n) is 1.91. The van der Waals surface area contributed by atoms with Crippen LogP contribution in [-0.4, -0.2) is 18.5 Å². The van der Waals surface area contributed by atoms with E-state index in [4.69, 9.17) is 10.5 Å². The minimum absolute atomic E-state index is 0.302. The molecule has 0 saturated heterocycles. The molecule has 3 heteroatoms. The van der Waals surface area contributed by atoms with Crippen molar-refractivity contribution in [2.24, 2.45) is 10.9 Å². The monoisotopic (exact) mass is 218 g/mol. The molecule has 0 radical (unpaired) electrons. The maximum Gasteiger partial charge on any atom is 0.216 e. The van der Waals surface area contributed by atoms with E-state index >= 15 is 0 Å². The molecule has 2 N–H and O–H groups in total. The predicted octanol–water partition coefficient (Wildman–Crippen LogP) is 2.46. The molecule has 2 rings (SSSR count). The quantitative estimate of drug-likeness (QED) is 0.792. The zero-order valence-corrected chi connectivity index (χ0v) is 9.81. The van der Waals surface area contributed by atoms with Gasteiger partial charge in [-0.3, -0.25) is 0 Å². The molecule has 0 unspecified atom stereocenters. The summed E-state index contributed by atoms with van der Waals surface area (Å²) in [6.07, 6.45) is 1.08. The summed E-state index contributed by atoms with van der Waals surface area (Å²) in [5.41, 5.74) is 7.46. The molecule has 1 aliphatic rings. The molecule has 0 spiro atoms. The van der Waals surface area contributed by atoms with Crippen molar-refractivity contribution >= 4 is 11.6 Å². The van der Waals surface area contributed by atoms with Gasteiger partial charge < -0.3 is 10.5 Å². The smallest absolute Gasteiger partial charge is 0.216 e. The molecule has 1 aliphatic heterocycles. The predicted molar refractivity (Wildman–Crippen MR) is 66.6 cm³/mol. The molecule has 1 aromatic rings. The second-order valence-electron chi connectivity index (χ2n) is 4.65. The Morgan fingerprint density at radius 2 is 2.31 bits per heavy atom. The Labute approximate surface area is 96.3 Å². The lowest BCUT2D eigenvalue weighted by atomic mass is 10.1. The van der Waals surface area contributed by atoms with Crippen LogP contribution in [-0.2, 0) is 4.74 Å². The van der Waals surface area contributed by atoms with Crippen LogP contribution in [0.3, 0.4) is 0 Å². The molecule has 0 fully saturated rings. The maximum atomic E-state index is 5.73. The van der Waals surface area contributed by atoms with Crippen molar-refractivity contribution in [3.8, 4) is 0 Å². The highest BCUT2D eigenvalue weighted by molar-refractivity contribution is 5.95. The minimum atomic E-state index is 0.302. The van der Waals surface area contributed by atoms with Gasteiger partial charge in [0.05, 0.1) is 6.04 Å². The Balaban J connectivity index is 2.11. The number of hydrogen-bond acceptors (Lipinski definition) is 3. The van der Waals surface area contributed by atoms with Crippen LogP contribution in [0.2, 0.25) is 0 Å². The van der Waals surface area contributed by atoms with Gasteiger partial charge >= 0.3 is 0 Å². The summed E-state index contributed by atoms with van der Waals surface area (Å²) >= 11 is 0. The Bertz CT molecular complexity index is 399. The second-order valence-corrected chi connectivity index (χ2v) is 4.65. The second kappa shape index (κ2) is 4.56. The summed E-state index contributed by atoms with van der Waals surface area (Å²) in [5.74, 6) is 1.38. The maximum absolute atomic E-state index is 5.73. The molecular formula is C13H18N2O. The molecule has 0 aromatic heterocycles. The van der Waals surface area contributed by atoms with Gasteiger partial charge in [-0.2, -0.15) is 0 Å². The Morgan fingerprint density at radius 3 is 3.00 bits per heavy atom. The average molecular weight is 218 g/mol. The molecule has 0 aliphatic carbocycles. The third-order valence-corrected chi connectivity index (χ3v) is 2.59. The minimum Gasteiger partial charge on any atom is -0.475 e. The molecule has 16 heavy (non-hydrogen) atoms. The molecule has 86 valence electrons. The summed E-state index contributed by atoms with van der Waals surface area (Å²) < 4.78 is 5.60. The average Bonchev–Trinajstić information content (AvgIpc) is 2.65. The topological polar surface area (TPSA) is 47.6 Å². The first kappa shape index (κ1) is 11.0. The van der Waals surface area contributed by atoms with Crippen molar-refractivity contribution < 1.29 is 4.74 Å². The number of hydrogen-bond donors (Lipinski definition) is 1. The molecular weight excluding hydrogens is 200 g/mol. The van der Waals surface area contributed by atoms with Crippen LogP contribution in [0.25, 0.3) is 0 Å². The first-order valence-electron chi connectivity index (χ1n) is 5.71. The van der Waals surface area contributed by atoms with Crippen molar-refractivity contribution in [3.05, 3.63) is 29.8 Å². The van der Waals surface area contributed by atoms with E-state index in [1.807, 2.05) is 24.3 Å². The fraction of sp³-hybridized carbons (Fsp3) is 0.462. The number of aliphatic imine (C=N–C) groups is 1. The van der Waals surface area contributed by atoms with Crippen molar-refractivity contribution in [1.82, 2.24) is 0 Å². The number of anilines is 1. The van der Waals surface area contributed by atoms with Crippen LogP contribution >= 0.6 is 0 Å². The highest BCUT2D eigenvalue weighted by Gasteiger charge is 2.20. The van der Waals surface area contributed by atoms with E-state index in [9.17, 15) is 0 Å². The van der Waals surface area contributed by atoms with Gasteiger partial charge in [-0.15, -0.1) is 0 Å². The van der Waals surface area contributed by atoms with E-state index in [2.05, 4.69) is 18.8 Å². The third-order valence-electron chi connectivity index (χ3n) is 2.59. The van der Waals surface area contributed by atoms with Crippen LogP contribution in [0, 0.1) is 5.92 Å². The highest BCUT2D eigenvalue weighted by atomic mass is 16.5. The fourth-order valence-corrected chi connectivity index (χ4v) is 1.91. The zero-order valence-electron chi connectivity index (χ0n) is 9.81. The van der Waals surface area contributed by atoms with Gasteiger partial charge in [0.15, 0.2) is 0 Å². The number of nitrogens with zero attached hydrogens (tertiary/aromatic N) is 1. The normalized spacial score (nSPS) is 19.7. The van der Waals surface area contributed by atoms with Crippen molar-refractivity contribution in [2.75, 3.05) is 12.3 Å². The Hall–Kier alpha value is -1.51. The van der Waals surface area contributed by atoms with E-state index in [0.29, 0.717) is 18.6 Å². The third kappa shape index (κ3) is 2.54. The molecule has 3 nitrogen and oxygen atoms in total. The number of nitrogens with two attached hydrogens (primary N) is 1. The van der Waals surface area contributed by atoms with Gasteiger partial charge in [0, 0.05) is 11.3 Å². The van der Waals surface area contributed by atoms with Gasteiger partial charge in [0.1, 0.15) is 6.61 Å². The van der Waals surface area contributed by atoms with Gasteiger partial charge in [0.25, 0.3) is 0 Å². The molecule has 1 atom stereocenters. The summed E-state index contributed by atoms with van der Waals surface area (Å²) in [6.45, 7) is 5.10. The molecule has 0 saturated carbocycles. The van der Waals surface area contributed by atoms with Gasteiger partial charge in [-0.25, -0.2) is 4.99 Å². The first-order chi connectivity index (χ1) is 7.65. The molecule has 0 amide bonds. The number of rotatable bonds is 3. The number of ether oxygens (including phenoxy) is 1. The van der Waals surface area contributed by atoms with E-state index in [1.54, 1.807) is 0 Å². The van der Waals surface area contributed by atoms with E-state index in [-0.39, 0.29) is 0 Å². The van der Waals surface area contributed by atoms with Gasteiger partial charge in [-0.1, -0.05) is 19.9 Å². The lowest BCUT2D eigenvalue weighted by molar-refractivity contribution is 0.301. The van der Waals surface area contributed by atoms with Gasteiger partial charge in [0.2, 0.25) is 5.90 Å². The number of nitrogen functional groups attached to an aromatic ring is 1. The Kier molecular flexibility index (Phi) is 3.13. The summed E-state index contributed by atoms with van der Waals surface area (Å²) in [7, 11) is 0. The van der Waals surface area contributed by atoms with Gasteiger partial charge in [-0.05, 0) is 30.5 Å². The molecule has 1 aromatic carbocycles. The summed E-state index contributed by atoms with van der Waals surface area (Å²) in [6, 6.07) is 7.97. The van der Waals surface area contributed by atoms with Crippen molar-refractivity contribution in [3.63, 3.8) is 0 Å². The SMILES string of the molecule is CC(C)C[C@@H]1COC(c2cccc(N)c2)=N1. The van der Waals surface area contributed by atoms with Crippen molar-refractivity contribution in [2.45, 2.75) is 26.3 Å². The lowest BCUT2D eigenvalue weighted by Gasteiger charge is -2.06. The van der Waals surface area contributed by atoms with Crippen LogP contribution in [0.4, 0.5) is 5.69 Å². The van der Waals surface area contributed by atoms with Crippen molar-refractivity contribution in [1.29, 1.82) is 0 Å². The Morgan fingerprint density at radius 1 is 1.50 bits per heavy atom. The largest absolute Gasteiger partial charge is 0.475 e. The van der Waals surface area contributed by atoms with Crippen LogP contribution < -0.4 is 5.73 Å². The lowest BCUT2D eigenvalue weighted by Crippen LogP contribution is -2.09. The van der Waals surface area contributed by atoms with Crippen LogP contribution in [0.1, 0.15) is 25.8 Å². The standard InChI is InChI=1S/C13H18N2O/c1-9(2)6-12-8-16-13(15-12)10-4-3-5-11(14)7-10/h3-5,7,9,12H,6,8,14H2,1-2H3/t12-/m1/s1. The molecule has 1 heterocycles. The number of benzene rings is 1. The first-order valence-corrected chi connectivity index (χ1v) is 5.71. The van der Waals surface area contributed by atoms with E-state index < -0.39 is 0 Å².